The zero-order chi connectivity index (χ0) is 13.9. The number of hydrogen-bond acceptors (Lipinski definition) is 3. The molecule has 20 heavy (non-hydrogen) atoms. The van der Waals surface area contributed by atoms with Crippen molar-refractivity contribution in [3.05, 3.63) is 29.8 Å². The molecule has 2 fully saturated rings. The number of ether oxygens (including phenoxy) is 1. The first-order chi connectivity index (χ1) is 9.70. The van der Waals surface area contributed by atoms with Crippen LogP contribution in [0.3, 0.4) is 0 Å². The monoisotopic (exact) mass is 274 g/mol. The Kier molecular flexibility index (Phi) is 3.92. The van der Waals surface area contributed by atoms with E-state index in [0.29, 0.717) is 5.56 Å². The first-order valence-corrected chi connectivity index (χ1v) is 7.49. The molecule has 2 N–H and O–H groups in total. The Morgan fingerprint density at radius 1 is 1.25 bits per heavy atom. The van der Waals surface area contributed by atoms with Crippen LogP contribution in [0, 0.1) is 5.92 Å². The highest BCUT2D eigenvalue weighted by Crippen LogP contribution is 2.31. The number of carbonyl (C=O) groups is 1. The van der Waals surface area contributed by atoms with E-state index in [1.165, 1.54) is 19.4 Å². The van der Waals surface area contributed by atoms with Gasteiger partial charge in [-0.15, -0.1) is 0 Å². The highest BCUT2D eigenvalue weighted by molar-refractivity contribution is 5.93. The highest BCUT2D eigenvalue weighted by atomic mass is 16.5. The van der Waals surface area contributed by atoms with E-state index in [4.69, 9.17) is 10.5 Å². The SMILES string of the molecule is NC(=O)c1cccc(OC2CCN(CC3CC3)CC2)c1. The Hall–Kier alpha value is -1.55. The van der Waals surface area contributed by atoms with Crippen LogP contribution < -0.4 is 10.5 Å². The summed E-state index contributed by atoms with van der Waals surface area (Å²) in [6.45, 7) is 3.51. The number of carbonyl (C=O) groups excluding carboxylic acids is 1. The van der Waals surface area contributed by atoms with E-state index in [1.807, 2.05) is 12.1 Å². The number of piperidine rings is 1. The molecular formula is C16H22N2O2. The van der Waals surface area contributed by atoms with Crippen LogP contribution in [0.25, 0.3) is 0 Å². The number of primary amides is 1. The summed E-state index contributed by atoms with van der Waals surface area (Å²) in [7, 11) is 0. The molecule has 1 heterocycles. The summed E-state index contributed by atoms with van der Waals surface area (Å²) in [6.07, 6.45) is 5.21. The normalized spacial score (nSPS) is 20.8. The van der Waals surface area contributed by atoms with Crippen LogP contribution in [0.1, 0.15) is 36.0 Å². The molecule has 1 aromatic rings. The molecule has 1 saturated carbocycles. The van der Waals surface area contributed by atoms with E-state index in [-0.39, 0.29) is 6.10 Å². The van der Waals surface area contributed by atoms with Gasteiger partial charge in [0.25, 0.3) is 0 Å². The highest BCUT2D eigenvalue weighted by Gasteiger charge is 2.27. The maximum Gasteiger partial charge on any atom is 0.248 e. The lowest BCUT2D eigenvalue weighted by Crippen LogP contribution is -2.39. The summed E-state index contributed by atoms with van der Waals surface area (Å²) in [5.74, 6) is 1.30. The molecule has 3 rings (SSSR count). The van der Waals surface area contributed by atoms with E-state index in [9.17, 15) is 4.79 Å². The van der Waals surface area contributed by atoms with Crippen LogP contribution in [0.2, 0.25) is 0 Å². The summed E-state index contributed by atoms with van der Waals surface area (Å²) in [6, 6.07) is 7.16. The molecule has 0 aromatic heterocycles. The van der Waals surface area contributed by atoms with Gasteiger partial charge in [-0.3, -0.25) is 4.79 Å². The molecule has 4 nitrogen and oxygen atoms in total. The molecule has 0 unspecified atom stereocenters. The van der Waals surface area contributed by atoms with Gasteiger partial charge in [0.1, 0.15) is 11.9 Å². The van der Waals surface area contributed by atoms with Gasteiger partial charge in [-0.2, -0.15) is 0 Å². The molecule has 1 aliphatic heterocycles. The standard InChI is InChI=1S/C16H22N2O2/c17-16(19)13-2-1-3-15(10-13)20-14-6-8-18(9-7-14)11-12-4-5-12/h1-3,10,12,14H,4-9,11H2,(H2,17,19). The van der Waals surface area contributed by atoms with Gasteiger partial charge < -0.3 is 15.4 Å². The predicted octanol–water partition coefficient (Wildman–Crippen LogP) is 2.04. The quantitative estimate of drug-likeness (QED) is 0.894. The van der Waals surface area contributed by atoms with Gasteiger partial charge in [-0.1, -0.05) is 6.07 Å². The van der Waals surface area contributed by atoms with E-state index < -0.39 is 5.91 Å². The van der Waals surface area contributed by atoms with Crippen molar-refractivity contribution < 1.29 is 9.53 Å². The molecule has 0 atom stereocenters. The molecular weight excluding hydrogens is 252 g/mol. The molecule has 0 bridgehead atoms. The second-order valence-electron chi connectivity index (χ2n) is 5.95. The Morgan fingerprint density at radius 2 is 2.00 bits per heavy atom. The third-order valence-electron chi connectivity index (χ3n) is 4.17. The minimum absolute atomic E-state index is 0.258. The van der Waals surface area contributed by atoms with Crippen molar-refractivity contribution in [1.82, 2.24) is 4.90 Å². The van der Waals surface area contributed by atoms with Crippen molar-refractivity contribution in [2.75, 3.05) is 19.6 Å². The minimum Gasteiger partial charge on any atom is -0.490 e. The fraction of sp³-hybridized carbons (Fsp3) is 0.562. The number of nitrogens with two attached hydrogens (primary N) is 1. The third-order valence-corrected chi connectivity index (χ3v) is 4.17. The van der Waals surface area contributed by atoms with Gasteiger partial charge in [0.15, 0.2) is 0 Å². The number of nitrogens with zero attached hydrogens (tertiary/aromatic N) is 1. The topological polar surface area (TPSA) is 55.6 Å². The second kappa shape index (κ2) is 5.83. The van der Waals surface area contributed by atoms with Crippen LogP contribution >= 0.6 is 0 Å². The van der Waals surface area contributed by atoms with Crippen LogP contribution in [0.4, 0.5) is 0 Å². The minimum atomic E-state index is -0.408. The Morgan fingerprint density at radius 3 is 2.65 bits per heavy atom. The molecule has 1 aliphatic carbocycles. The average molecular weight is 274 g/mol. The fourth-order valence-corrected chi connectivity index (χ4v) is 2.79. The second-order valence-corrected chi connectivity index (χ2v) is 5.95. The van der Waals surface area contributed by atoms with Crippen LogP contribution in [0.15, 0.2) is 24.3 Å². The van der Waals surface area contributed by atoms with E-state index in [0.717, 1.165) is 37.6 Å². The first-order valence-electron chi connectivity index (χ1n) is 7.49. The third kappa shape index (κ3) is 3.51. The lowest BCUT2D eigenvalue weighted by atomic mass is 10.1. The van der Waals surface area contributed by atoms with Crippen LogP contribution in [0.5, 0.6) is 5.75 Å². The molecule has 1 aromatic carbocycles. The van der Waals surface area contributed by atoms with Crippen molar-refractivity contribution in [3.8, 4) is 5.75 Å². The Labute approximate surface area is 119 Å². The van der Waals surface area contributed by atoms with Gasteiger partial charge in [0, 0.05) is 25.2 Å². The largest absolute Gasteiger partial charge is 0.490 e. The number of likely N-dealkylation sites (tertiary alicyclic amines) is 1. The van der Waals surface area contributed by atoms with Crippen LogP contribution in [-0.4, -0.2) is 36.5 Å². The molecule has 1 saturated heterocycles. The maximum absolute atomic E-state index is 11.2. The predicted molar refractivity (Wildman–Crippen MR) is 77.8 cm³/mol. The molecule has 0 radical (unpaired) electrons. The van der Waals surface area contributed by atoms with Crippen molar-refractivity contribution >= 4 is 5.91 Å². The number of benzene rings is 1. The number of rotatable bonds is 5. The lowest BCUT2D eigenvalue weighted by Gasteiger charge is -2.32. The summed E-state index contributed by atoms with van der Waals surface area (Å²) >= 11 is 0. The lowest BCUT2D eigenvalue weighted by molar-refractivity contribution is 0.0965. The van der Waals surface area contributed by atoms with E-state index in [1.54, 1.807) is 12.1 Å². The summed E-state index contributed by atoms with van der Waals surface area (Å²) in [4.78, 5) is 13.7. The van der Waals surface area contributed by atoms with Gasteiger partial charge in [0.2, 0.25) is 5.91 Å². The van der Waals surface area contributed by atoms with E-state index >= 15 is 0 Å². The van der Waals surface area contributed by atoms with Crippen molar-refractivity contribution in [1.29, 1.82) is 0 Å². The average Bonchev–Trinajstić information content (AvgIpc) is 3.25. The van der Waals surface area contributed by atoms with Gasteiger partial charge in [0.05, 0.1) is 0 Å². The molecule has 108 valence electrons. The summed E-state index contributed by atoms with van der Waals surface area (Å²) < 4.78 is 5.98. The van der Waals surface area contributed by atoms with Gasteiger partial charge in [-0.05, 0) is 49.8 Å². The van der Waals surface area contributed by atoms with E-state index in [2.05, 4.69) is 4.90 Å². The zero-order valence-electron chi connectivity index (χ0n) is 11.8. The smallest absolute Gasteiger partial charge is 0.248 e. The molecule has 1 amide bonds. The van der Waals surface area contributed by atoms with Crippen molar-refractivity contribution in [2.24, 2.45) is 11.7 Å². The first kappa shape index (κ1) is 13.4. The van der Waals surface area contributed by atoms with Crippen molar-refractivity contribution in [2.45, 2.75) is 31.8 Å². The fourth-order valence-electron chi connectivity index (χ4n) is 2.79. The number of hydrogen-bond donors (Lipinski definition) is 1. The molecule has 4 heteroatoms. The number of amides is 1. The zero-order valence-corrected chi connectivity index (χ0v) is 11.8. The Bertz CT molecular complexity index is 477. The Balaban J connectivity index is 1.51. The van der Waals surface area contributed by atoms with Crippen molar-refractivity contribution in [3.63, 3.8) is 0 Å². The van der Waals surface area contributed by atoms with Gasteiger partial charge >= 0.3 is 0 Å². The molecule has 0 spiro atoms. The summed E-state index contributed by atoms with van der Waals surface area (Å²) in [5.41, 5.74) is 5.79. The summed E-state index contributed by atoms with van der Waals surface area (Å²) in [5, 5.41) is 0. The van der Waals surface area contributed by atoms with Crippen LogP contribution in [-0.2, 0) is 0 Å². The van der Waals surface area contributed by atoms with Gasteiger partial charge in [-0.25, -0.2) is 0 Å². The molecule has 2 aliphatic rings. The maximum atomic E-state index is 11.2.